The van der Waals surface area contributed by atoms with Crippen LogP contribution in [0.2, 0.25) is 0 Å². The molecule has 4 heteroatoms. The lowest BCUT2D eigenvalue weighted by Gasteiger charge is -1.95. The van der Waals surface area contributed by atoms with Crippen LogP contribution in [-0.4, -0.2) is 14.6 Å². The Labute approximate surface area is 70.0 Å². The number of fused-ring (bicyclic) bond motifs is 1. The van der Waals surface area contributed by atoms with Crippen LogP contribution in [0.25, 0.3) is 5.65 Å². The molecule has 0 fully saturated rings. The van der Waals surface area contributed by atoms with Crippen molar-refractivity contribution in [3.63, 3.8) is 0 Å². The van der Waals surface area contributed by atoms with Gasteiger partial charge < -0.3 is 5.73 Å². The van der Waals surface area contributed by atoms with E-state index in [4.69, 9.17) is 5.73 Å². The minimum atomic E-state index is -0.0355. The Bertz CT molecular complexity index is 358. The van der Waals surface area contributed by atoms with Crippen molar-refractivity contribution < 1.29 is 0 Å². The highest BCUT2D eigenvalue weighted by molar-refractivity contribution is 5.38. The molecule has 12 heavy (non-hydrogen) atoms. The van der Waals surface area contributed by atoms with Gasteiger partial charge in [0.25, 0.3) is 0 Å². The highest BCUT2D eigenvalue weighted by Gasteiger charge is 2.04. The summed E-state index contributed by atoms with van der Waals surface area (Å²) in [7, 11) is 0. The van der Waals surface area contributed by atoms with Gasteiger partial charge in [0.1, 0.15) is 0 Å². The van der Waals surface area contributed by atoms with Gasteiger partial charge in [-0.25, -0.2) is 9.50 Å². The molecule has 0 bridgehead atoms. The number of nitrogens with zero attached hydrogens (tertiary/aromatic N) is 3. The van der Waals surface area contributed by atoms with Crippen LogP contribution >= 0.6 is 0 Å². The maximum absolute atomic E-state index is 5.67. The van der Waals surface area contributed by atoms with Crippen molar-refractivity contribution in [2.24, 2.45) is 5.73 Å². The molecule has 0 radical (unpaired) electrons. The zero-order valence-corrected chi connectivity index (χ0v) is 6.81. The minimum absolute atomic E-state index is 0.0355. The standard InChI is InChI=1S/C8H10N4/c1-6(9)7-5-8-10-3-2-4-12(8)11-7/h2-6H,9H2,1H3/t6-/m1/s1. The van der Waals surface area contributed by atoms with Crippen molar-refractivity contribution in [2.75, 3.05) is 0 Å². The molecule has 62 valence electrons. The van der Waals surface area contributed by atoms with Crippen LogP contribution in [0.3, 0.4) is 0 Å². The first-order chi connectivity index (χ1) is 5.77. The summed E-state index contributed by atoms with van der Waals surface area (Å²) in [6.45, 7) is 1.90. The van der Waals surface area contributed by atoms with Gasteiger partial charge in [0.2, 0.25) is 0 Å². The lowest BCUT2D eigenvalue weighted by Crippen LogP contribution is -2.05. The molecule has 4 nitrogen and oxygen atoms in total. The minimum Gasteiger partial charge on any atom is -0.323 e. The van der Waals surface area contributed by atoms with Gasteiger partial charge in [-0.05, 0) is 13.0 Å². The molecular formula is C8H10N4. The summed E-state index contributed by atoms with van der Waals surface area (Å²) in [6.07, 6.45) is 3.59. The van der Waals surface area contributed by atoms with Crippen LogP contribution in [0.5, 0.6) is 0 Å². The summed E-state index contributed by atoms with van der Waals surface area (Å²) in [4.78, 5) is 4.13. The molecule has 0 aromatic carbocycles. The molecule has 2 aromatic heterocycles. The Kier molecular flexibility index (Phi) is 1.55. The van der Waals surface area contributed by atoms with Crippen molar-refractivity contribution >= 4 is 5.65 Å². The van der Waals surface area contributed by atoms with E-state index in [1.807, 2.05) is 25.3 Å². The van der Waals surface area contributed by atoms with Crippen LogP contribution in [0.15, 0.2) is 24.5 Å². The number of hydrogen-bond donors (Lipinski definition) is 1. The lowest BCUT2D eigenvalue weighted by molar-refractivity contribution is 0.755. The van der Waals surface area contributed by atoms with Gasteiger partial charge in [0, 0.05) is 24.5 Å². The molecule has 0 aliphatic heterocycles. The van der Waals surface area contributed by atoms with E-state index in [1.165, 1.54) is 0 Å². The Morgan fingerprint density at radius 1 is 1.58 bits per heavy atom. The van der Waals surface area contributed by atoms with Crippen LogP contribution < -0.4 is 5.73 Å². The molecule has 1 atom stereocenters. The van der Waals surface area contributed by atoms with E-state index in [0.29, 0.717) is 0 Å². The Morgan fingerprint density at radius 2 is 2.42 bits per heavy atom. The summed E-state index contributed by atoms with van der Waals surface area (Å²) in [5.74, 6) is 0. The predicted octanol–water partition coefficient (Wildman–Crippen LogP) is 0.749. The Morgan fingerprint density at radius 3 is 3.08 bits per heavy atom. The molecule has 2 aromatic rings. The number of hydrogen-bond acceptors (Lipinski definition) is 3. The van der Waals surface area contributed by atoms with E-state index in [-0.39, 0.29) is 6.04 Å². The fourth-order valence-electron chi connectivity index (χ4n) is 1.07. The molecule has 2 N–H and O–H groups in total. The zero-order valence-electron chi connectivity index (χ0n) is 6.81. The molecule has 0 amide bonds. The van der Waals surface area contributed by atoms with Gasteiger partial charge in [-0.2, -0.15) is 5.10 Å². The average Bonchev–Trinajstić information content (AvgIpc) is 2.46. The van der Waals surface area contributed by atoms with Crippen LogP contribution in [0.1, 0.15) is 18.7 Å². The Hall–Kier alpha value is -1.42. The van der Waals surface area contributed by atoms with Crippen molar-refractivity contribution in [1.29, 1.82) is 0 Å². The monoisotopic (exact) mass is 162 g/mol. The molecule has 0 saturated heterocycles. The number of aromatic nitrogens is 3. The molecule has 0 aliphatic carbocycles. The largest absolute Gasteiger partial charge is 0.323 e. The third kappa shape index (κ3) is 1.06. The van der Waals surface area contributed by atoms with Gasteiger partial charge in [-0.3, -0.25) is 0 Å². The second-order valence-electron chi connectivity index (χ2n) is 2.78. The topological polar surface area (TPSA) is 56.2 Å². The maximum Gasteiger partial charge on any atom is 0.155 e. The average molecular weight is 162 g/mol. The van der Waals surface area contributed by atoms with Gasteiger partial charge in [0.15, 0.2) is 5.65 Å². The van der Waals surface area contributed by atoms with Gasteiger partial charge in [0.05, 0.1) is 5.69 Å². The van der Waals surface area contributed by atoms with Crippen LogP contribution in [-0.2, 0) is 0 Å². The van der Waals surface area contributed by atoms with Crippen LogP contribution in [0, 0.1) is 0 Å². The van der Waals surface area contributed by atoms with Gasteiger partial charge >= 0.3 is 0 Å². The summed E-state index contributed by atoms with van der Waals surface area (Å²) in [6, 6.07) is 3.70. The first-order valence-electron chi connectivity index (χ1n) is 3.83. The summed E-state index contributed by atoms with van der Waals surface area (Å²) in [5.41, 5.74) is 7.38. The molecule has 0 unspecified atom stereocenters. The molecule has 0 aliphatic rings. The fourth-order valence-corrected chi connectivity index (χ4v) is 1.07. The zero-order chi connectivity index (χ0) is 8.55. The van der Waals surface area contributed by atoms with E-state index in [9.17, 15) is 0 Å². The van der Waals surface area contributed by atoms with E-state index in [0.717, 1.165) is 11.3 Å². The van der Waals surface area contributed by atoms with E-state index in [1.54, 1.807) is 10.7 Å². The fraction of sp³-hybridized carbons (Fsp3) is 0.250. The number of rotatable bonds is 1. The van der Waals surface area contributed by atoms with Crippen LogP contribution in [0.4, 0.5) is 0 Å². The maximum atomic E-state index is 5.67. The third-order valence-corrected chi connectivity index (χ3v) is 1.72. The van der Waals surface area contributed by atoms with Gasteiger partial charge in [-0.15, -0.1) is 0 Å². The van der Waals surface area contributed by atoms with E-state index < -0.39 is 0 Å². The van der Waals surface area contributed by atoms with E-state index >= 15 is 0 Å². The summed E-state index contributed by atoms with van der Waals surface area (Å²) < 4.78 is 1.72. The normalized spacial score (nSPS) is 13.5. The van der Waals surface area contributed by atoms with Gasteiger partial charge in [-0.1, -0.05) is 0 Å². The second kappa shape index (κ2) is 2.57. The quantitative estimate of drug-likeness (QED) is 0.673. The Balaban J connectivity index is 2.62. The van der Waals surface area contributed by atoms with Crippen molar-refractivity contribution in [3.8, 4) is 0 Å². The first-order valence-corrected chi connectivity index (χ1v) is 3.83. The first kappa shape index (κ1) is 7.24. The smallest absolute Gasteiger partial charge is 0.155 e. The molecule has 2 rings (SSSR count). The molecule has 2 heterocycles. The summed E-state index contributed by atoms with van der Waals surface area (Å²) in [5, 5.41) is 4.24. The molecular weight excluding hydrogens is 152 g/mol. The van der Waals surface area contributed by atoms with Crippen molar-refractivity contribution in [3.05, 3.63) is 30.2 Å². The third-order valence-electron chi connectivity index (χ3n) is 1.72. The highest BCUT2D eigenvalue weighted by Crippen LogP contribution is 2.08. The molecule has 0 saturated carbocycles. The summed E-state index contributed by atoms with van der Waals surface area (Å²) >= 11 is 0. The predicted molar refractivity (Wildman–Crippen MR) is 45.6 cm³/mol. The molecule has 0 spiro atoms. The second-order valence-corrected chi connectivity index (χ2v) is 2.78. The SMILES string of the molecule is C[C@@H](N)c1cc2ncccn2n1. The lowest BCUT2D eigenvalue weighted by atomic mass is 10.3. The van der Waals surface area contributed by atoms with E-state index in [2.05, 4.69) is 10.1 Å². The number of nitrogens with two attached hydrogens (primary N) is 1. The van der Waals surface area contributed by atoms with Crippen molar-refractivity contribution in [2.45, 2.75) is 13.0 Å². The van der Waals surface area contributed by atoms with Crippen molar-refractivity contribution in [1.82, 2.24) is 14.6 Å². The highest BCUT2D eigenvalue weighted by atomic mass is 15.2.